The van der Waals surface area contributed by atoms with Crippen molar-refractivity contribution in [3.63, 3.8) is 0 Å². The number of benzene rings is 1. The molecule has 3 nitrogen and oxygen atoms in total. The molecule has 3 unspecified atom stereocenters. The zero-order valence-corrected chi connectivity index (χ0v) is 8.77. The summed E-state index contributed by atoms with van der Waals surface area (Å²) in [4.78, 5) is 3.94. The van der Waals surface area contributed by atoms with Crippen LogP contribution >= 0.6 is 0 Å². The molecule has 15 heavy (non-hydrogen) atoms. The lowest BCUT2D eigenvalue weighted by Gasteiger charge is -2.09. The summed E-state index contributed by atoms with van der Waals surface area (Å²) in [5.41, 5.74) is 8.69. The molecule has 3 rings (SSSR count). The van der Waals surface area contributed by atoms with Gasteiger partial charge >= 0.3 is 0 Å². The summed E-state index contributed by atoms with van der Waals surface area (Å²) in [5.74, 6) is 1.97. The van der Waals surface area contributed by atoms with Gasteiger partial charge in [0.15, 0.2) is 5.96 Å². The Balaban J connectivity index is 1.79. The van der Waals surface area contributed by atoms with Gasteiger partial charge in [0.1, 0.15) is 0 Å². The largest absolute Gasteiger partial charge is 0.370 e. The van der Waals surface area contributed by atoms with Gasteiger partial charge in [-0.3, -0.25) is 4.99 Å². The Hall–Kier alpha value is -1.51. The van der Waals surface area contributed by atoms with Crippen molar-refractivity contribution in [2.75, 3.05) is 7.05 Å². The third kappa shape index (κ3) is 1.23. The number of nitrogens with two attached hydrogens (primary N) is 1. The standard InChI is InChI=1S/C12H15N3/c1-14-12(13)15-11-9-6-7-4-2-3-5-8(7)10(9)11/h2-5,9-11H,6H2,1H3,(H3,13,14,15). The Kier molecular flexibility index (Phi) is 1.75. The van der Waals surface area contributed by atoms with Crippen LogP contribution in [0.1, 0.15) is 17.0 Å². The van der Waals surface area contributed by atoms with Crippen molar-refractivity contribution in [2.24, 2.45) is 16.6 Å². The molecule has 0 aliphatic heterocycles. The maximum absolute atomic E-state index is 5.68. The van der Waals surface area contributed by atoms with E-state index < -0.39 is 0 Å². The van der Waals surface area contributed by atoms with Crippen molar-refractivity contribution in [1.29, 1.82) is 0 Å². The maximum Gasteiger partial charge on any atom is 0.188 e. The molecule has 2 aliphatic rings. The summed E-state index contributed by atoms with van der Waals surface area (Å²) in [6.07, 6.45) is 1.19. The smallest absolute Gasteiger partial charge is 0.188 e. The number of nitrogens with one attached hydrogen (secondary N) is 1. The van der Waals surface area contributed by atoms with E-state index in [0.717, 1.165) is 5.92 Å². The Labute approximate surface area is 89.4 Å². The van der Waals surface area contributed by atoms with Crippen LogP contribution in [0.2, 0.25) is 0 Å². The molecule has 0 aromatic heterocycles. The lowest BCUT2D eigenvalue weighted by molar-refractivity contribution is 0.743. The first-order chi connectivity index (χ1) is 7.31. The van der Waals surface area contributed by atoms with Gasteiger partial charge in [-0.1, -0.05) is 24.3 Å². The Morgan fingerprint density at radius 3 is 3.07 bits per heavy atom. The van der Waals surface area contributed by atoms with Gasteiger partial charge in [-0.2, -0.15) is 0 Å². The summed E-state index contributed by atoms with van der Waals surface area (Å²) in [7, 11) is 1.72. The molecule has 3 atom stereocenters. The van der Waals surface area contributed by atoms with Crippen molar-refractivity contribution >= 4 is 5.96 Å². The second-order valence-electron chi connectivity index (χ2n) is 4.37. The molecule has 0 bridgehead atoms. The number of nitrogens with zero attached hydrogens (tertiary/aromatic N) is 1. The van der Waals surface area contributed by atoms with Crippen LogP contribution in [0, 0.1) is 5.92 Å². The van der Waals surface area contributed by atoms with Gasteiger partial charge in [0.05, 0.1) is 0 Å². The van der Waals surface area contributed by atoms with Gasteiger partial charge in [-0.15, -0.1) is 0 Å². The predicted octanol–water partition coefficient (Wildman–Crippen LogP) is 0.859. The topological polar surface area (TPSA) is 50.4 Å². The molecular weight excluding hydrogens is 186 g/mol. The fraction of sp³-hybridized carbons (Fsp3) is 0.417. The normalized spacial score (nSPS) is 32.1. The number of hydrogen-bond donors (Lipinski definition) is 2. The molecule has 0 radical (unpaired) electrons. The van der Waals surface area contributed by atoms with Crippen molar-refractivity contribution in [1.82, 2.24) is 5.32 Å². The van der Waals surface area contributed by atoms with Crippen LogP contribution < -0.4 is 11.1 Å². The van der Waals surface area contributed by atoms with E-state index >= 15 is 0 Å². The van der Waals surface area contributed by atoms with Crippen molar-refractivity contribution in [3.8, 4) is 0 Å². The average Bonchev–Trinajstić information content (AvgIpc) is 2.77. The molecule has 1 aromatic rings. The van der Waals surface area contributed by atoms with Crippen molar-refractivity contribution < 1.29 is 0 Å². The van der Waals surface area contributed by atoms with Gasteiger partial charge in [0.25, 0.3) is 0 Å². The van der Waals surface area contributed by atoms with Gasteiger partial charge in [-0.05, 0) is 23.5 Å². The zero-order chi connectivity index (χ0) is 10.4. The van der Waals surface area contributed by atoms with E-state index in [-0.39, 0.29) is 0 Å². The minimum Gasteiger partial charge on any atom is -0.370 e. The van der Waals surface area contributed by atoms with E-state index in [4.69, 9.17) is 5.73 Å². The van der Waals surface area contributed by atoms with Crippen LogP contribution in [0.15, 0.2) is 29.3 Å². The van der Waals surface area contributed by atoms with Crippen molar-refractivity contribution in [2.45, 2.75) is 18.4 Å². The predicted molar refractivity (Wildman–Crippen MR) is 60.8 cm³/mol. The third-order valence-corrected chi connectivity index (χ3v) is 3.59. The van der Waals surface area contributed by atoms with Crippen LogP contribution in [0.25, 0.3) is 0 Å². The second kappa shape index (κ2) is 2.99. The number of aliphatic imine (C=N–C) groups is 1. The van der Waals surface area contributed by atoms with Gasteiger partial charge in [0.2, 0.25) is 0 Å². The Morgan fingerprint density at radius 2 is 2.27 bits per heavy atom. The number of fused-ring (bicyclic) bond motifs is 3. The fourth-order valence-electron chi connectivity index (χ4n) is 2.78. The quantitative estimate of drug-likeness (QED) is 0.523. The number of hydrogen-bond acceptors (Lipinski definition) is 1. The first-order valence-corrected chi connectivity index (χ1v) is 5.38. The molecular formula is C12H15N3. The summed E-state index contributed by atoms with van der Waals surface area (Å²) in [6.45, 7) is 0. The van der Waals surface area contributed by atoms with E-state index in [1.165, 1.54) is 17.5 Å². The summed E-state index contributed by atoms with van der Waals surface area (Å²) < 4.78 is 0. The molecule has 0 saturated heterocycles. The molecule has 1 fully saturated rings. The molecule has 1 saturated carbocycles. The summed E-state index contributed by atoms with van der Waals surface area (Å²) in [5, 5.41) is 3.27. The Morgan fingerprint density at radius 1 is 1.47 bits per heavy atom. The highest BCUT2D eigenvalue weighted by Gasteiger charge is 2.55. The highest BCUT2D eigenvalue weighted by molar-refractivity contribution is 5.79. The highest BCUT2D eigenvalue weighted by Crippen LogP contribution is 2.56. The SMILES string of the molecule is CN=C(N)NC1C2Cc3ccccc3C21. The van der Waals surface area contributed by atoms with Crippen molar-refractivity contribution in [3.05, 3.63) is 35.4 Å². The fourth-order valence-corrected chi connectivity index (χ4v) is 2.78. The van der Waals surface area contributed by atoms with Crippen LogP contribution in [-0.4, -0.2) is 19.0 Å². The molecule has 1 aromatic carbocycles. The molecule has 3 N–H and O–H groups in total. The van der Waals surface area contributed by atoms with E-state index in [0.29, 0.717) is 17.9 Å². The van der Waals surface area contributed by atoms with E-state index in [1.807, 2.05) is 0 Å². The summed E-state index contributed by atoms with van der Waals surface area (Å²) in [6, 6.07) is 9.22. The van der Waals surface area contributed by atoms with Crippen LogP contribution in [0.5, 0.6) is 0 Å². The second-order valence-corrected chi connectivity index (χ2v) is 4.37. The lowest BCUT2D eigenvalue weighted by Crippen LogP contribution is -2.35. The molecule has 0 amide bonds. The highest BCUT2D eigenvalue weighted by atomic mass is 15.1. The van der Waals surface area contributed by atoms with Gasteiger partial charge < -0.3 is 11.1 Å². The zero-order valence-electron chi connectivity index (χ0n) is 8.77. The minimum absolute atomic E-state index is 0.517. The van der Waals surface area contributed by atoms with Crippen LogP contribution in [0.3, 0.4) is 0 Å². The average molecular weight is 201 g/mol. The molecule has 0 heterocycles. The van der Waals surface area contributed by atoms with Gasteiger partial charge in [-0.25, -0.2) is 0 Å². The molecule has 2 aliphatic carbocycles. The maximum atomic E-state index is 5.68. The third-order valence-electron chi connectivity index (χ3n) is 3.59. The van der Waals surface area contributed by atoms with Gasteiger partial charge in [0, 0.05) is 19.0 Å². The lowest BCUT2D eigenvalue weighted by atomic mass is 10.1. The van der Waals surface area contributed by atoms with E-state index in [1.54, 1.807) is 7.05 Å². The molecule has 3 heteroatoms. The molecule has 78 valence electrons. The van der Waals surface area contributed by atoms with E-state index in [9.17, 15) is 0 Å². The number of guanidine groups is 1. The Bertz CT molecular complexity index is 425. The van der Waals surface area contributed by atoms with E-state index in [2.05, 4.69) is 34.6 Å². The first kappa shape index (κ1) is 8.77. The van der Waals surface area contributed by atoms with Crippen LogP contribution in [-0.2, 0) is 6.42 Å². The molecule has 0 spiro atoms. The van der Waals surface area contributed by atoms with Crippen LogP contribution in [0.4, 0.5) is 0 Å². The monoisotopic (exact) mass is 201 g/mol. The minimum atomic E-state index is 0.517. The first-order valence-electron chi connectivity index (χ1n) is 5.38. The summed E-state index contributed by atoms with van der Waals surface area (Å²) >= 11 is 0. The number of rotatable bonds is 1.